The molecule has 2 N–H and O–H groups in total. The molecule has 0 atom stereocenters. The SMILES string of the molecule is COC(=O)c1cccc(=C2Nc3ccccc3N2)c1=C=O. The van der Waals surface area contributed by atoms with Crippen LogP contribution in [-0.4, -0.2) is 19.0 Å². The zero-order chi connectivity index (χ0) is 14.8. The summed E-state index contributed by atoms with van der Waals surface area (Å²) in [7, 11) is 1.28. The second-order valence-corrected chi connectivity index (χ2v) is 4.49. The summed E-state index contributed by atoms with van der Waals surface area (Å²) in [5.74, 6) is 1.91. The van der Waals surface area contributed by atoms with Gasteiger partial charge in [-0.05, 0) is 24.3 Å². The Hall–Kier alpha value is -3.04. The highest BCUT2D eigenvalue weighted by Crippen LogP contribution is 2.29. The van der Waals surface area contributed by atoms with Gasteiger partial charge in [0.1, 0.15) is 11.8 Å². The van der Waals surface area contributed by atoms with E-state index in [0.717, 1.165) is 11.4 Å². The van der Waals surface area contributed by atoms with Gasteiger partial charge < -0.3 is 15.4 Å². The fourth-order valence-corrected chi connectivity index (χ4v) is 2.29. The van der Waals surface area contributed by atoms with Crippen molar-refractivity contribution < 1.29 is 14.3 Å². The zero-order valence-corrected chi connectivity index (χ0v) is 11.3. The first-order chi connectivity index (χ1) is 10.2. The molecule has 0 spiro atoms. The average Bonchev–Trinajstić information content (AvgIpc) is 2.97. The smallest absolute Gasteiger partial charge is 0.339 e. The Labute approximate surface area is 120 Å². The number of hydrogen-bond donors (Lipinski definition) is 2. The lowest BCUT2D eigenvalue weighted by Gasteiger charge is -2.03. The number of anilines is 2. The number of carbonyl (C=O) groups excluding carboxylic acids is 2. The minimum Gasteiger partial charge on any atom is -0.465 e. The number of ether oxygens (including phenoxy) is 1. The summed E-state index contributed by atoms with van der Waals surface area (Å²) in [6.45, 7) is 0. The highest BCUT2D eigenvalue weighted by Gasteiger charge is 2.16. The van der Waals surface area contributed by atoms with Gasteiger partial charge in [-0.3, -0.25) is 0 Å². The van der Waals surface area contributed by atoms with E-state index in [-0.39, 0.29) is 10.8 Å². The molecule has 0 amide bonds. The molecular formula is C16H12N2O3. The van der Waals surface area contributed by atoms with E-state index in [9.17, 15) is 9.59 Å². The van der Waals surface area contributed by atoms with Crippen LogP contribution in [0.15, 0.2) is 42.5 Å². The van der Waals surface area contributed by atoms with Gasteiger partial charge in [0.15, 0.2) is 0 Å². The first-order valence-electron chi connectivity index (χ1n) is 6.34. The third kappa shape index (κ3) is 2.16. The van der Waals surface area contributed by atoms with E-state index in [2.05, 4.69) is 10.6 Å². The van der Waals surface area contributed by atoms with E-state index in [1.165, 1.54) is 13.2 Å². The predicted molar refractivity (Wildman–Crippen MR) is 78.9 cm³/mol. The van der Waals surface area contributed by atoms with Gasteiger partial charge in [-0.15, -0.1) is 0 Å². The van der Waals surface area contributed by atoms with Crippen LogP contribution in [0.2, 0.25) is 0 Å². The summed E-state index contributed by atoms with van der Waals surface area (Å²) in [6.07, 6.45) is 0. The summed E-state index contributed by atoms with van der Waals surface area (Å²) in [5, 5.41) is 7.11. The molecule has 0 radical (unpaired) electrons. The number of carbonyl (C=O) groups is 1. The minimum absolute atomic E-state index is 0.173. The number of hydrogen-bond acceptors (Lipinski definition) is 5. The molecular weight excluding hydrogens is 268 g/mol. The number of rotatable bonds is 1. The molecule has 21 heavy (non-hydrogen) atoms. The highest BCUT2D eigenvalue weighted by molar-refractivity contribution is 5.93. The van der Waals surface area contributed by atoms with E-state index >= 15 is 0 Å². The van der Waals surface area contributed by atoms with E-state index in [0.29, 0.717) is 11.0 Å². The third-order valence-corrected chi connectivity index (χ3v) is 3.29. The van der Waals surface area contributed by atoms with Gasteiger partial charge in [-0.2, -0.15) is 0 Å². The van der Waals surface area contributed by atoms with Gasteiger partial charge in [0.05, 0.1) is 29.3 Å². The Morgan fingerprint density at radius 2 is 1.71 bits per heavy atom. The van der Waals surface area contributed by atoms with Gasteiger partial charge in [0.2, 0.25) is 0 Å². The normalized spacial score (nSPS) is 12.0. The molecule has 2 aromatic carbocycles. The first kappa shape index (κ1) is 13.0. The molecule has 0 aromatic heterocycles. The quantitative estimate of drug-likeness (QED) is 0.748. The molecule has 0 aliphatic carbocycles. The Morgan fingerprint density at radius 3 is 2.29 bits per heavy atom. The zero-order valence-electron chi connectivity index (χ0n) is 11.3. The number of para-hydroxylation sites is 2. The van der Waals surface area contributed by atoms with Crippen molar-refractivity contribution in [1.82, 2.24) is 0 Å². The van der Waals surface area contributed by atoms with Crippen molar-refractivity contribution in [3.05, 3.63) is 58.5 Å². The number of fused-ring (bicyclic) bond motifs is 1. The van der Waals surface area contributed by atoms with Crippen LogP contribution in [0.5, 0.6) is 0 Å². The number of methoxy groups -OCH3 is 1. The molecule has 0 bridgehead atoms. The third-order valence-electron chi connectivity index (χ3n) is 3.29. The van der Waals surface area contributed by atoms with Crippen LogP contribution in [0.1, 0.15) is 10.4 Å². The second kappa shape index (κ2) is 5.15. The lowest BCUT2D eigenvalue weighted by atomic mass is 10.1. The fourth-order valence-electron chi connectivity index (χ4n) is 2.29. The molecule has 1 aliphatic rings. The molecule has 0 unspecified atom stereocenters. The Bertz CT molecular complexity index is 840. The second-order valence-electron chi connectivity index (χ2n) is 4.49. The van der Waals surface area contributed by atoms with Crippen molar-refractivity contribution in [3.8, 4) is 0 Å². The van der Waals surface area contributed by atoms with E-state index < -0.39 is 5.97 Å². The minimum atomic E-state index is -0.564. The number of esters is 1. The van der Waals surface area contributed by atoms with Gasteiger partial charge in [0, 0.05) is 5.22 Å². The van der Waals surface area contributed by atoms with E-state index in [1.807, 2.05) is 30.2 Å². The predicted octanol–water partition coefficient (Wildman–Crippen LogP) is 0.580. The maximum absolute atomic E-state index is 11.7. The maximum atomic E-state index is 11.7. The van der Waals surface area contributed by atoms with Gasteiger partial charge in [0.25, 0.3) is 0 Å². The molecule has 104 valence electrons. The lowest BCUT2D eigenvalue weighted by Crippen LogP contribution is -2.36. The van der Waals surface area contributed by atoms with Crippen molar-refractivity contribution in [2.24, 2.45) is 0 Å². The van der Waals surface area contributed by atoms with Crippen molar-refractivity contribution in [3.63, 3.8) is 0 Å². The number of nitrogens with one attached hydrogen (secondary N) is 2. The average molecular weight is 280 g/mol. The summed E-state index contributed by atoms with van der Waals surface area (Å²) in [6, 6.07) is 12.6. The molecule has 3 rings (SSSR count). The van der Waals surface area contributed by atoms with Crippen LogP contribution in [-0.2, 0) is 9.53 Å². The van der Waals surface area contributed by atoms with Crippen molar-refractivity contribution in [2.75, 3.05) is 17.7 Å². The number of benzene rings is 2. The standard InChI is InChI=1S/C16H12N2O3/c1-21-16(20)11-6-4-5-10(12(11)9-19)15-17-13-7-2-3-8-14(13)18-15/h2-8,17-18H,1H3. The molecule has 0 saturated carbocycles. The monoisotopic (exact) mass is 280 g/mol. The molecule has 2 aromatic rings. The Balaban J connectivity index is 2.24. The highest BCUT2D eigenvalue weighted by atomic mass is 16.5. The summed E-state index contributed by atoms with van der Waals surface area (Å²) >= 11 is 0. The van der Waals surface area contributed by atoms with E-state index in [4.69, 9.17) is 4.74 Å². The van der Waals surface area contributed by atoms with Crippen LogP contribution in [0, 0.1) is 0 Å². The lowest BCUT2D eigenvalue weighted by molar-refractivity contribution is 0.0599. The fraction of sp³-hybridized carbons (Fsp3) is 0.0625. The van der Waals surface area contributed by atoms with Crippen molar-refractivity contribution in [1.29, 1.82) is 0 Å². The molecule has 1 aliphatic heterocycles. The maximum Gasteiger partial charge on any atom is 0.339 e. The van der Waals surface area contributed by atoms with Crippen LogP contribution >= 0.6 is 0 Å². The summed E-state index contributed by atoms with van der Waals surface area (Å²) in [4.78, 5) is 23.0. The van der Waals surface area contributed by atoms with Crippen LogP contribution in [0.4, 0.5) is 11.4 Å². The molecule has 5 nitrogen and oxygen atoms in total. The van der Waals surface area contributed by atoms with Gasteiger partial charge in [-0.25, -0.2) is 9.59 Å². The first-order valence-corrected chi connectivity index (χ1v) is 6.34. The largest absolute Gasteiger partial charge is 0.465 e. The Kier molecular flexibility index (Phi) is 3.18. The topological polar surface area (TPSA) is 67.4 Å². The molecule has 0 saturated heterocycles. The van der Waals surface area contributed by atoms with E-state index in [1.54, 1.807) is 12.1 Å². The molecule has 0 fully saturated rings. The summed E-state index contributed by atoms with van der Waals surface area (Å²) < 4.78 is 4.69. The molecule has 5 heteroatoms. The van der Waals surface area contributed by atoms with Crippen LogP contribution in [0.25, 0.3) is 5.82 Å². The summed E-state index contributed by atoms with van der Waals surface area (Å²) in [5.41, 5.74) is 2.01. The van der Waals surface area contributed by atoms with Crippen molar-refractivity contribution in [2.45, 2.75) is 0 Å². The Morgan fingerprint density at radius 1 is 1.05 bits per heavy atom. The van der Waals surface area contributed by atoms with Gasteiger partial charge in [-0.1, -0.05) is 18.2 Å². The molecule has 1 heterocycles. The van der Waals surface area contributed by atoms with Gasteiger partial charge >= 0.3 is 5.97 Å². The van der Waals surface area contributed by atoms with Crippen molar-refractivity contribution >= 4 is 29.1 Å². The van der Waals surface area contributed by atoms with Crippen LogP contribution in [0.3, 0.4) is 0 Å². The van der Waals surface area contributed by atoms with Crippen LogP contribution < -0.4 is 21.1 Å².